The van der Waals surface area contributed by atoms with Gasteiger partial charge in [0.2, 0.25) is 11.9 Å². The molecule has 3 rings (SSSR count). The molecule has 40 heavy (non-hydrogen) atoms. The number of rotatable bonds is 10. The molecule has 2 aromatic carbocycles. The van der Waals surface area contributed by atoms with Crippen LogP contribution in [0.1, 0.15) is 53.0 Å². The number of alkyl carbamates (subject to hydrolysis) is 1. The number of anilines is 1. The van der Waals surface area contributed by atoms with Crippen molar-refractivity contribution in [3.63, 3.8) is 0 Å². The molecule has 1 aliphatic heterocycles. The van der Waals surface area contributed by atoms with E-state index in [4.69, 9.17) is 14.2 Å². The molecule has 0 spiro atoms. The minimum Gasteiger partial charge on any atom is -0.493 e. The average molecular weight is 553 g/mol. The number of carbonyl (C=O) groups is 3. The first-order chi connectivity index (χ1) is 18.9. The molecule has 1 aliphatic rings. The van der Waals surface area contributed by atoms with Gasteiger partial charge in [-0.1, -0.05) is 45.0 Å². The highest BCUT2D eigenvalue weighted by molar-refractivity contribution is 5.98. The normalized spacial score (nSPS) is 12.8. The molecule has 2 aromatic rings. The summed E-state index contributed by atoms with van der Waals surface area (Å²) >= 11 is 0. The fourth-order valence-corrected chi connectivity index (χ4v) is 3.84. The second-order valence-corrected chi connectivity index (χ2v) is 11.1. The van der Waals surface area contributed by atoms with Crippen LogP contribution in [0.4, 0.5) is 16.2 Å². The standard InChI is InChI=1S/C30H40N4O6/c1-21(2)40-29(37)32-28-31-24-14-10-15-25(23(24)18-34(28)19-27(36)39-20-30(3,4)5)38-17-11-16-26(35)33(6)22-12-8-7-9-13-22/h7-10,12-15,21H,11,16-20H2,1-6H3,(H,31,32,37). The van der Waals surface area contributed by atoms with Gasteiger partial charge in [-0.25, -0.2) is 9.79 Å². The topological polar surface area (TPSA) is 110 Å². The van der Waals surface area contributed by atoms with Crippen LogP contribution in [0.2, 0.25) is 0 Å². The zero-order chi connectivity index (χ0) is 29.3. The van der Waals surface area contributed by atoms with E-state index in [0.717, 1.165) is 11.3 Å². The lowest BCUT2D eigenvalue weighted by molar-refractivity contribution is -0.146. The number of guanidine groups is 1. The Morgan fingerprint density at radius 3 is 2.48 bits per heavy atom. The van der Waals surface area contributed by atoms with Crippen LogP contribution in [-0.4, -0.2) is 61.7 Å². The highest BCUT2D eigenvalue weighted by atomic mass is 16.6. The number of esters is 1. The highest BCUT2D eigenvalue weighted by Gasteiger charge is 2.27. The van der Waals surface area contributed by atoms with Crippen molar-refractivity contribution in [2.45, 2.75) is 60.1 Å². The van der Waals surface area contributed by atoms with Gasteiger partial charge in [0.1, 0.15) is 12.3 Å². The van der Waals surface area contributed by atoms with Crippen LogP contribution in [0.15, 0.2) is 53.5 Å². The van der Waals surface area contributed by atoms with Gasteiger partial charge in [0, 0.05) is 24.7 Å². The number of aliphatic imine (C=N–C) groups is 1. The summed E-state index contributed by atoms with van der Waals surface area (Å²) in [5.41, 5.74) is 2.03. The smallest absolute Gasteiger partial charge is 0.414 e. The van der Waals surface area contributed by atoms with Crippen LogP contribution in [0.3, 0.4) is 0 Å². The van der Waals surface area contributed by atoms with Crippen LogP contribution >= 0.6 is 0 Å². The van der Waals surface area contributed by atoms with Crippen LogP contribution < -0.4 is 15.0 Å². The van der Waals surface area contributed by atoms with Gasteiger partial charge in [0.05, 0.1) is 31.5 Å². The molecule has 0 fully saturated rings. The minimum atomic E-state index is -0.664. The molecule has 216 valence electrons. The van der Waals surface area contributed by atoms with Crippen molar-refractivity contribution in [3.05, 3.63) is 54.1 Å². The van der Waals surface area contributed by atoms with Gasteiger partial charge in [-0.05, 0) is 49.9 Å². The summed E-state index contributed by atoms with van der Waals surface area (Å²) < 4.78 is 16.7. The number of ether oxygens (including phenoxy) is 3. The summed E-state index contributed by atoms with van der Waals surface area (Å²) in [7, 11) is 1.76. The summed E-state index contributed by atoms with van der Waals surface area (Å²) in [6.07, 6.45) is -0.125. The molecule has 0 radical (unpaired) electrons. The zero-order valence-corrected chi connectivity index (χ0v) is 24.2. The van der Waals surface area contributed by atoms with E-state index in [1.165, 1.54) is 0 Å². The molecular formula is C30H40N4O6. The van der Waals surface area contributed by atoms with Crippen LogP contribution in [0, 0.1) is 5.41 Å². The van der Waals surface area contributed by atoms with Crippen molar-refractivity contribution in [1.29, 1.82) is 0 Å². The van der Waals surface area contributed by atoms with E-state index in [-0.39, 0.29) is 43.1 Å². The predicted molar refractivity (Wildman–Crippen MR) is 154 cm³/mol. The molecule has 1 heterocycles. The second kappa shape index (κ2) is 13.8. The SMILES string of the molecule is CC(C)OC(=O)NC1=Nc2cccc(OCCCC(=O)N(C)c3ccccc3)c2CN1CC(=O)OCC(C)(C)C. The highest BCUT2D eigenvalue weighted by Crippen LogP contribution is 2.33. The summed E-state index contributed by atoms with van der Waals surface area (Å²) in [5.74, 6) is 0.350. The lowest BCUT2D eigenvalue weighted by Crippen LogP contribution is -2.48. The third kappa shape index (κ3) is 9.29. The van der Waals surface area contributed by atoms with Crippen molar-refractivity contribution >= 4 is 35.3 Å². The Morgan fingerprint density at radius 1 is 1.07 bits per heavy atom. The van der Waals surface area contributed by atoms with Crippen molar-refractivity contribution in [3.8, 4) is 5.75 Å². The van der Waals surface area contributed by atoms with E-state index in [1.54, 1.807) is 30.7 Å². The van der Waals surface area contributed by atoms with Crippen molar-refractivity contribution in [2.75, 3.05) is 31.7 Å². The van der Waals surface area contributed by atoms with Gasteiger partial charge in [0.15, 0.2) is 0 Å². The molecule has 0 aromatic heterocycles. The first-order valence-electron chi connectivity index (χ1n) is 13.5. The van der Waals surface area contributed by atoms with Gasteiger partial charge < -0.3 is 24.0 Å². The second-order valence-electron chi connectivity index (χ2n) is 11.1. The molecule has 0 bridgehead atoms. The summed E-state index contributed by atoms with van der Waals surface area (Å²) in [4.78, 5) is 45.5. The Kier molecular flexibility index (Phi) is 10.5. The number of nitrogens with zero attached hydrogens (tertiary/aromatic N) is 3. The number of amides is 2. The average Bonchev–Trinajstić information content (AvgIpc) is 2.89. The fourth-order valence-electron chi connectivity index (χ4n) is 3.84. The lowest BCUT2D eigenvalue weighted by atomic mass is 9.99. The molecule has 10 heteroatoms. The Hall–Kier alpha value is -4.08. The molecular weight excluding hydrogens is 512 g/mol. The van der Waals surface area contributed by atoms with E-state index in [2.05, 4.69) is 10.3 Å². The Bertz CT molecular complexity index is 1210. The predicted octanol–water partition coefficient (Wildman–Crippen LogP) is 5.04. The third-order valence-electron chi connectivity index (χ3n) is 5.84. The van der Waals surface area contributed by atoms with E-state index in [0.29, 0.717) is 30.9 Å². The first-order valence-corrected chi connectivity index (χ1v) is 13.5. The van der Waals surface area contributed by atoms with Crippen molar-refractivity contribution in [2.24, 2.45) is 10.4 Å². The largest absolute Gasteiger partial charge is 0.493 e. The lowest BCUT2D eigenvalue weighted by Gasteiger charge is -2.31. The quantitative estimate of drug-likeness (QED) is 0.325. The van der Waals surface area contributed by atoms with E-state index in [9.17, 15) is 14.4 Å². The number of benzene rings is 2. The van der Waals surface area contributed by atoms with Crippen molar-refractivity contribution in [1.82, 2.24) is 10.2 Å². The van der Waals surface area contributed by atoms with Crippen LogP contribution in [0.5, 0.6) is 5.75 Å². The van der Waals surface area contributed by atoms with Gasteiger partial charge in [-0.15, -0.1) is 0 Å². The Balaban J connectivity index is 1.68. The summed E-state index contributed by atoms with van der Waals surface area (Å²) in [6, 6.07) is 14.9. The maximum atomic E-state index is 12.7. The van der Waals surface area contributed by atoms with Crippen molar-refractivity contribution < 1.29 is 28.6 Å². The molecule has 0 aliphatic carbocycles. The first kappa shape index (κ1) is 30.5. The molecule has 1 N–H and O–H groups in total. The Morgan fingerprint density at radius 2 is 1.80 bits per heavy atom. The molecule has 0 saturated carbocycles. The maximum Gasteiger partial charge on any atom is 0.414 e. The van der Waals surface area contributed by atoms with E-state index < -0.39 is 12.1 Å². The number of hydrogen-bond acceptors (Lipinski definition) is 8. The van der Waals surface area contributed by atoms with Gasteiger partial charge in [-0.2, -0.15) is 0 Å². The molecule has 0 unspecified atom stereocenters. The minimum absolute atomic E-state index is 0.00145. The Labute approximate surface area is 236 Å². The third-order valence-corrected chi connectivity index (χ3v) is 5.84. The summed E-state index contributed by atoms with van der Waals surface area (Å²) in [5, 5.41) is 2.65. The summed E-state index contributed by atoms with van der Waals surface area (Å²) in [6.45, 7) is 10.1. The number of para-hydroxylation sites is 1. The van der Waals surface area contributed by atoms with E-state index in [1.807, 2.05) is 69.3 Å². The molecule has 10 nitrogen and oxygen atoms in total. The fraction of sp³-hybridized carbons (Fsp3) is 0.467. The van der Waals surface area contributed by atoms with E-state index >= 15 is 0 Å². The van der Waals surface area contributed by atoms with Gasteiger partial charge in [0.25, 0.3) is 0 Å². The molecule has 0 saturated heterocycles. The van der Waals surface area contributed by atoms with Gasteiger partial charge in [-0.3, -0.25) is 14.9 Å². The number of fused-ring (bicyclic) bond motifs is 1. The monoisotopic (exact) mass is 552 g/mol. The molecule has 0 atom stereocenters. The number of hydrogen-bond donors (Lipinski definition) is 1. The molecule has 2 amide bonds. The number of carbonyl (C=O) groups excluding carboxylic acids is 3. The zero-order valence-electron chi connectivity index (χ0n) is 24.2. The maximum absolute atomic E-state index is 12.7. The van der Waals surface area contributed by atoms with Gasteiger partial charge >= 0.3 is 12.1 Å². The van der Waals surface area contributed by atoms with Crippen LogP contribution in [-0.2, 0) is 25.6 Å². The number of nitrogens with one attached hydrogen (secondary N) is 1. The van der Waals surface area contributed by atoms with Crippen LogP contribution in [0.25, 0.3) is 0 Å².